The molecule has 0 saturated carbocycles. The number of fused-ring (bicyclic) bond motifs is 1. The lowest BCUT2D eigenvalue weighted by molar-refractivity contribution is 0.0993. The molecule has 2 heterocycles. The summed E-state index contributed by atoms with van der Waals surface area (Å²) >= 11 is 0. The molecule has 25 heavy (non-hydrogen) atoms. The number of hydrogen-bond acceptors (Lipinski definition) is 3. The average molecular weight is 329 g/mol. The maximum absolute atomic E-state index is 13.0. The van der Waals surface area contributed by atoms with Crippen LogP contribution in [0.4, 0.5) is 11.4 Å². The highest BCUT2D eigenvalue weighted by Crippen LogP contribution is 2.37. The van der Waals surface area contributed by atoms with Crippen LogP contribution in [0.5, 0.6) is 0 Å². The number of pyridine rings is 1. The molecule has 0 spiro atoms. The zero-order valence-corrected chi connectivity index (χ0v) is 14.2. The predicted octanol–water partition coefficient (Wildman–Crippen LogP) is 4.47. The zero-order chi connectivity index (χ0) is 17.4. The minimum Gasteiger partial charge on any atom is -0.361 e. The smallest absolute Gasteiger partial charge is 0.260 e. The maximum Gasteiger partial charge on any atom is 0.260 e. The number of hydrogen-bond donors (Lipinski definition) is 1. The van der Waals surface area contributed by atoms with Crippen LogP contribution in [-0.2, 0) is 0 Å². The number of amides is 1. The number of nitrogens with one attached hydrogen (secondary N) is 1. The molecular weight excluding hydrogens is 310 g/mol. The van der Waals surface area contributed by atoms with E-state index in [4.69, 9.17) is 0 Å². The quantitative estimate of drug-likeness (QED) is 0.771. The van der Waals surface area contributed by atoms with Crippen molar-refractivity contribution in [1.82, 2.24) is 4.98 Å². The molecule has 3 aromatic rings. The predicted molar refractivity (Wildman–Crippen MR) is 99.8 cm³/mol. The van der Waals surface area contributed by atoms with Crippen molar-refractivity contribution in [2.75, 3.05) is 10.2 Å². The number of benzene rings is 2. The molecule has 1 aliphatic heterocycles. The fraction of sp³-hybridized carbons (Fsp3) is 0.143. The van der Waals surface area contributed by atoms with Crippen LogP contribution >= 0.6 is 0 Å². The highest BCUT2D eigenvalue weighted by Gasteiger charge is 2.37. The van der Waals surface area contributed by atoms with Crippen molar-refractivity contribution in [3.05, 3.63) is 89.2 Å². The van der Waals surface area contributed by atoms with Gasteiger partial charge in [0.05, 0.1) is 11.9 Å². The second-order valence-corrected chi connectivity index (χ2v) is 6.32. The lowest BCUT2D eigenvalue weighted by Crippen LogP contribution is -2.32. The van der Waals surface area contributed by atoms with Crippen LogP contribution in [0.25, 0.3) is 0 Å². The molecule has 4 nitrogen and oxygen atoms in total. The van der Waals surface area contributed by atoms with Crippen LogP contribution in [-0.4, -0.2) is 10.9 Å². The molecule has 0 aliphatic carbocycles. The number of nitrogens with zero attached hydrogens (tertiary/aromatic N) is 2. The third-order valence-corrected chi connectivity index (χ3v) is 4.70. The Morgan fingerprint density at radius 2 is 1.84 bits per heavy atom. The van der Waals surface area contributed by atoms with Gasteiger partial charge < -0.3 is 5.32 Å². The van der Waals surface area contributed by atoms with E-state index in [0.29, 0.717) is 0 Å². The van der Waals surface area contributed by atoms with Gasteiger partial charge in [0.15, 0.2) is 0 Å². The zero-order valence-electron chi connectivity index (χ0n) is 14.2. The topological polar surface area (TPSA) is 45.2 Å². The van der Waals surface area contributed by atoms with E-state index in [9.17, 15) is 4.79 Å². The number of carbonyl (C=O) groups excluding carboxylic acids is 1. The summed E-state index contributed by atoms with van der Waals surface area (Å²) in [4.78, 5) is 18.9. The van der Waals surface area contributed by atoms with Gasteiger partial charge in [-0.2, -0.15) is 0 Å². The van der Waals surface area contributed by atoms with Gasteiger partial charge in [-0.1, -0.05) is 24.3 Å². The molecule has 0 saturated heterocycles. The van der Waals surface area contributed by atoms with Gasteiger partial charge >= 0.3 is 0 Å². The average Bonchev–Trinajstić information content (AvgIpc) is 2.91. The summed E-state index contributed by atoms with van der Waals surface area (Å²) < 4.78 is 0. The van der Waals surface area contributed by atoms with Crippen LogP contribution in [0.3, 0.4) is 0 Å². The first-order valence-electron chi connectivity index (χ1n) is 8.31. The molecule has 1 atom stereocenters. The molecule has 4 heteroatoms. The summed E-state index contributed by atoms with van der Waals surface area (Å²) in [6.07, 6.45) is 3.18. The van der Waals surface area contributed by atoms with E-state index in [1.54, 1.807) is 17.3 Å². The first-order valence-corrected chi connectivity index (χ1v) is 8.31. The molecule has 124 valence electrons. The van der Waals surface area contributed by atoms with E-state index < -0.39 is 0 Å². The SMILES string of the molecule is Cc1ccc(NC2c3ccccc3C(=O)N2c2cccnc2)cc1C. The van der Waals surface area contributed by atoms with E-state index in [2.05, 4.69) is 42.3 Å². The van der Waals surface area contributed by atoms with Crippen LogP contribution in [0.2, 0.25) is 0 Å². The van der Waals surface area contributed by atoms with Crippen LogP contribution < -0.4 is 10.2 Å². The van der Waals surface area contributed by atoms with Crippen molar-refractivity contribution < 1.29 is 4.79 Å². The van der Waals surface area contributed by atoms with E-state index in [-0.39, 0.29) is 12.1 Å². The van der Waals surface area contributed by atoms with E-state index in [1.807, 2.05) is 36.4 Å². The highest BCUT2D eigenvalue weighted by molar-refractivity contribution is 6.11. The van der Waals surface area contributed by atoms with E-state index in [1.165, 1.54) is 11.1 Å². The molecule has 1 unspecified atom stereocenters. The van der Waals surface area contributed by atoms with Gasteiger partial charge in [0.25, 0.3) is 5.91 Å². The Hall–Kier alpha value is -3.14. The second kappa shape index (κ2) is 6.06. The summed E-state index contributed by atoms with van der Waals surface area (Å²) in [7, 11) is 0. The maximum atomic E-state index is 13.0. The molecule has 0 radical (unpaired) electrons. The normalized spacial score (nSPS) is 16.0. The van der Waals surface area contributed by atoms with Gasteiger partial charge in [-0.3, -0.25) is 14.7 Å². The van der Waals surface area contributed by atoms with E-state index >= 15 is 0 Å². The summed E-state index contributed by atoms with van der Waals surface area (Å²) in [5, 5.41) is 3.52. The van der Waals surface area contributed by atoms with Gasteiger partial charge in [-0.15, -0.1) is 0 Å². The Kier molecular flexibility index (Phi) is 3.73. The van der Waals surface area contributed by atoms with Gasteiger partial charge in [0.1, 0.15) is 6.17 Å². The highest BCUT2D eigenvalue weighted by atomic mass is 16.2. The minimum absolute atomic E-state index is 0.00932. The number of anilines is 2. The van der Waals surface area contributed by atoms with Crippen molar-refractivity contribution in [3.63, 3.8) is 0 Å². The summed E-state index contributed by atoms with van der Waals surface area (Å²) in [6.45, 7) is 4.18. The van der Waals surface area contributed by atoms with Crippen molar-refractivity contribution in [2.45, 2.75) is 20.0 Å². The molecule has 4 rings (SSSR count). The Labute approximate surface area is 147 Å². The van der Waals surface area contributed by atoms with Crippen LogP contribution in [0, 0.1) is 13.8 Å². The number of aryl methyl sites for hydroxylation is 2. The fourth-order valence-electron chi connectivity index (χ4n) is 3.21. The van der Waals surface area contributed by atoms with Gasteiger partial charge in [0, 0.05) is 23.0 Å². The second-order valence-electron chi connectivity index (χ2n) is 6.32. The van der Waals surface area contributed by atoms with Crippen LogP contribution in [0.15, 0.2) is 67.0 Å². The molecule has 0 fully saturated rings. The van der Waals surface area contributed by atoms with Crippen molar-refractivity contribution in [1.29, 1.82) is 0 Å². The number of rotatable bonds is 3. The van der Waals surface area contributed by atoms with Crippen LogP contribution in [0.1, 0.15) is 33.2 Å². The molecule has 0 bridgehead atoms. The lowest BCUT2D eigenvalue weighted by Gasteiger charge is -2.27. The first-order chi connectivity index (χ1) is 12.1. The molecule has 1 amide bonds. The minimum atomic E-state index is -0.255. The third kappa shape index (κ3) is 2.66. The largest absolute Gasteiger partial charge is 0.361 e. The Morgan fingerprint density at radius 3 is 2.60 bits per heavy atom. The van der Waals surface area contributed by atoms with Gasteiger partial charge in [0.2, 0.25) is 0 Å². The Bertz CT molecular complexity index is 937. The molecule has 2 aromatic carbocycles. The summed E-state index contributed by atoms with van der Waals surface area (Å²) in [5.74, 6) is -0.00932. The monoisotopic (exact) mass is 329 g/mol. The van der Waals surface area contributed by atoms with Gasteiger partial charge in [-0.25, -0.2) is 0 Å². The Morgan fingerprint density at radius 1 is 1.00 bits per heavy atom. The van der Waals surface area contributed by atoms with E-state index in [0.717, 1.165) is 22.5 Å². The number of aromatic nitrogens is 1. The first kappa shape index (κ1) is 15.4. The molecule has 1 aliphatic rings. The molecule has 1 aromatic heterocycles. The molecular formula is C21H19N3O. The molecule has 1 N–H and O–H groups in total. The standard InChI is InChI=1S/C21H19N3O/c1-14-9-10-16(12-15(14)2)23-20-18-7-3-4-8-19(18)21(25)24(20)17-6-5-11-22-13-17/h3-13,20,23H,1-2H3. The van der Waals surface area contributed by atoms with Crippen molar-refractivity contribution in [3.8, 4) is 0 Å². The van der Waals surface area contributed by atoms with Crippen molar-refractivity contribution in [2.24, 2.45) is 0 Å². The van der Waals surface area contributed by atoms with Crippen molar-refractivity contribution >= 4 is 17.3 Å². The van der Waals surface area contributed by atoms with Gasteiger partial charge in [-0.05, 0) is 55.3 Å². The number of carbonyl (C=O) groups is 1. The summed E-state index contributed by atoms with van der Waals surface area (Å²) in [5.41, 5.74) is 5.95. The third-order valence-electron chi connectivity index (χ3n) is 4.70. The summed E-state index contributed by atoms with van der Waals surface area (Å²) in [6, 6.07) is 17.8. The lowest BCUT2D eigenvalue weighted by atomic mass is 10.1. The Balaban J connectivity index is 1.78. The fourth-order valence-corrected chi connectivity index (χ4v) is 3.21.